The van der Waals surface area contributed by atoms with Gasteiger partial charge in [0.25, 0.3) is 6.71 Å². The molecule has 0 atom stereocenters. The molecule has 0 N–H and O–H groups in total. The monoisotopic (exact) mass is 770 g/mol. The third kappa shape index (κ3) is 4.21. The maximum absolute atomic E-state index is 11.2. The Morgan fingerprint density at radius 3 is 1.88 bits per heavy atom. The van der Waals surface area contributed by atoms with Gasteiger partial charge in [0.1, 0.15) is 0 Å². The van der Waals surface area contributed by atoms with Crippen LogP contribution in [0, 0.1) is 11.3 Å². The lowest BCUT2D eigenvalue weighted by atomic mass is 9.33. The third-order valence-electron chi connectivity index (χ3n) is 13.9. The highest BCUT2D eigenvalue weighted by Crippen LogP contribution is 2.55. The van der Waals surface area contributed by atoms with Gasteiger partial charge in [-0.05, 0) is 134 Å². The van der Waals surface area contributed by atoms with Gasteiger partial charge in [-0.2, -0.15) is 5.26 Å². The Morgan fingerprint density at radius 2 is 1.16 bits per heavy atom. The van der Waals surface area contributed by atoms with Gasteiger partial charge in [0.2, 0.25) is 0 Å². The molecule has 0 fully saturated rings. The second-order valence-corrected chi connectivity index (χ2v) is 19.2. The highest BCUT2D eigenvalue weighted by Gasteiger charge is 2.49. The number of hydrogen-bond acceptors (Lipinski definition) is 3. The molecule has 0 unspecified atom stereocenters. The van der Waals surface area contributed by atoms with Crippen LogP contribution in [0.15, 0.2) is 103 Å². The van der Waals surface area contributed by atoms with Crippen molar-refractivity contribution in [1.29, 1.82) is 5.26 Å². The predicted octanol–water partition coefficient (Wildman–Crippen LogP) is 11.7. The normalized spacial score (nSPS) is 23.3. The van der Waals surface area contributed by atoms with Gasteiger partial charge >= 0.3 is 0 Å². The predicted molar refractivity (Wildman–Crippen MR) is 244 cm³/mol. The number of rotatable bonds is 1. The van der Waals surface area contributed by atoms with E-state index in [4.69, 9.17) is 2.74 Å². The summed E-state index contributed by atoms with van der Waals surface area (Å²) in [5, 5.41) is 10.8. The van der Waals surface area contributed by atoms with Crippen molar-refractivity contribution in [2.45, 2.75) is 103 Å². The zero-order chi connectivity index (χ0) is 54.6. The summed E-state index contributed by atoms with van der Waals surface area (Å²) in [6, 6.07) is -6.35. The van der Waals surface area contributed by atoms with Crippen LogP contribution in [-0.4, -0.2) is 11.3 Å². The van der Waals surface area contributed by atoms with Crippen LogP contribution in [0.5, 0.6) is 0 Å². The highest BCUT2D eigenvalue weighted by atomic mass is 15.2. The zero-order valence-electron chi connectivity index (χ0n) is 50.7. The third-order valence-corrected chi connectivity index (χ3v) is 13.9. The van der Waals surface area contributed by atoms with E-state index in [2.05, 4.69) is 0 Å². The summed E-state index contributed by atoms with van der Waals surface area (Å²) in [6.07, 6.45) is 2.44. The van der Waals surface area contributed by atoms with Gasteiger partial charge in [0.15, 0.2) is 0 Å². The topological polar surface area (TPSA) is 35.2 Å². The number of para-hydroxylation sites is 3. The molecule has 0 spiro atoms. The fourth-order valence-electron chi connectivity index (χ4n) is 10.4. The minimum atomic E-state index is -1.49. The molecule has 0 amide bonds. The van der Waals surface area contributed by atoms with Crippen LogP contribution in [0.1, 0.15) is 132 Å². The summed E-state index contributed by atoms with van der Waals surface area (Å²) < 4.78 is 167. The van der Waals surface area contributed by atoms with E-state index in [9.17, 15) is 25.8 Å². The van der Waals surface area contributed by atoms with E-state index < -0.39 is 112 Å². The number of nitrogens with zero attached hydrogens (tertiary/aromatic N) is 4. The first-order valence-corrected chi connectivity index (χ1v) is 20.0. The van der Waals surface area contributed by atoms with E-state index in [0.29, 0.717) is 47.9 Å². The number of nitriles is 1. The maximum Gasteiger partial charge on any atom is 0.252 e. The molecule has 4 heterocycles. The lowest BCUT2D eigenvalue weighted by molar-refractivity contribution is 0.332. The minimum Gasteiger partial charge on any atom is -0.311 e. The molecule has 2 aliphatic carbocycles. The zero-order valence-corrected chi connectivity index (χ0v) is 33.7. The maximum atomic E-state index is 11.2. The van der Waals surface area contributed by atoms with E-state index in [1.54, 1.807) is 0 Å². The van der Waals surface area contributed by atoms with Gasteiger partial charge in [-0.1, -0.05) is 110 Å². The van der Waals surface area contributed by atoms with E-state index in [0.717, 1.165) is 0 Å². The quantitative estimate of drug-likeness (QED) is 0.156. The van der Waals surface area contributed by atoms with Gasteiger partial charge in [0.05, 0.1) is 63.0 Å². The molecule has 12 rings (SSSR count). The Balaban J connectivity index is 1.39. The number of anilines is 6. The van der Waals surface area contributed by atoms with Gasteiger partial charge < -0.3 is 14.4 Å². The van der Waals surface area contributed by atoms with Crippen molar-refractivity contribution in [2.24, 2.45) is 0 Å². The summed E-state index contributed by atoms with van der Waals surface area (Å²) in [5.41, 5.74) is -3.24. The Labute approximate surface area is 366 Å². The molecule has 4 nitrogen and oxygen atoms in total. The number of aromatic nitrogens is 1. The molecule has 5 heteroatoms. The molecular formula is C53H49BN4. The van der Waals surface area contributed by atoms with Crippen molar-refractivity contribution in [3.63, 3.8) is 0 Å². The van der Waals surface area contributed by atoms with Crippen molar-refractivity contribution in [2.75, 3.05) is 9.80 Å². The van der Waals surface area contributed by atoms with E-state index in [1.165, 1.54) is 14.4 Å². The molecule has 7 aromatic rings. The van der Waals surface area contributed by atoms with Crippen molar-refractivity contribution in [3.05, 3.63) is 131 Å². The summed E-state index contributed by atoms with van der Waals surface area (Å²) in [4.78, 5) is 2.70. The molecule has 0 saturated heterocycles. The Kier molecular flexibility index (Phi) is 3.99. The Hall–Kier alpha value is -5.73. The van der Waals surface area contributed by atoms with Gasteiger partial charge in [-0.3, -0.25) is 0 Å². The Bertz CT molecular complexity index is 4040. The summed E-state index contributed by atoms with van der Waals surface area (Å²) in [7, 11) is 0. The Morgan fingerprint density at radius 1 is 0.552 bits per heavy atom. The van der Waals surface area contributed by atoms with Crippen molar-refractivity contribution in [3.8, 4) is 11.8 Å². The molecule has 3 aliphatic heterocycles. The standard InChI is InChI=1S/C53H49BN4/c1-50(2)21-22-51(3,4)36-27-32(19-20-35(36)50)56-44-29-38-37(52(5,6)23-24-53(38,7)8)28-40(44)54-39-15-12-18-43-49(39)58(46-26-31(30-55)25-45(56)47(46)54)42-17-11-14-34-33-13-9-10-16-41(33)57(43)48(34)42/h9-20,25-29H,21-24H2,1-8H3/i9D,10D,11D,12D,13D,14D,15D,16D,17D,18D,19D,20D,25D,26D,27D,28D,29D. The first-order chi connectivity index (χ1) is 34.8. The molecule has 5 aliphatic rings. The fraction of sp³-hybridized carbons (Fsp3) is 0.302. The lowest BCUT2D eigenvalue weighted by Gasteiger charge is -2.48. The van der Waals surface area contributed by atoms with Crippen LogP contribution in [0.25, 0.3) is 27.5 Å². The van der Waals surface area contributed by atoms with Crippen LogP contribution in [0.3, 0.4) is 0 Å². The minimum absolute atomic E-state index is 0.0354. The van der Waals surface area contributed by atoms with E-state index >= 15 is 0 Å². The summed E-state index contributed by atoms with van der Waals surface area (Å²) in [6.45, 7) is 14.3. The van der Waals surface area contributed by atoms with E-state index in [1.807, 2.05) is 61.5 Å². The number of fused-ring (bicyclic) bond motifs is 11. The molecule has 58 heavy (non-hydrogen) atoms. The van der Waals surface area contributed by atoms with Gasteiger partial charge in [-0.25, -0.2) is 0 Å². The molecule has 284 valence electrons. The molecular weight excluding hydrogens is 703 g/mol. The van der Waals surface area contributed by atoms with Gasteiger partial charge in [0, 0.05) is 33.5 Å². The molecule has 0 radical (unpaired) electrons. The second-order valence-electron chi connectivity index (χ2n) is 19.2. The van der Waals surface area contributed by atoms with Crippen LogP contribution in [0.2, 0.25) is 0 Å². The smallest absolute Gasteiger partial charge is 0.252 e. The van der Waals surface area contributed by atoms with Crippen LogP contribution < -0.4 is 26.2 Å². The first-order valence-electron chi connectivity index (χ1n) is 28.5. The first kappa shape index (κ1) is 21.3. The van der Waals surface area contributed by atoms with E-state index in [-0.39, 0.29) is 102 Å². The molecule has 0 saturated carbocycles. The number of hydrogen-bond donors (Lipinski definition) is 0. The second kappa shape index (κ2) is 10.9. The van der Waals surface area contributed by atoms with Crippen LogP contribution in [0.4, 0.5) is 34.1 Å². The van der Waals surface area contributed by atoms with Crippen molar-refractivity contribution in [1.82, 2.24) is 4.57 Å². The lowest BCUT2D eigenvalue weighted by Crippen LogP contribution is -2.62. The molecule has 0 bridgehead atoms. The highest BCUT2D eigenvalue weighted by molar-refractivity contribution is 7.00. The summed E-state index contributed by atoms with van der Waals surface area (Å²) in [5.74, 6) is 0. The average Bonchev–Trinajstić information content (AvgIpc) is 3.74. The number of benzene rings is 6. The van der Waals surface area contributed by atoms with Crippen LogP contribution >= 0.6 is 0 Å². The molecule has 1 aromatic heterocycles. The summed E-state index contributed by atoms with van der Waals surface area (Å²) >= 11 is 0. The average molecular weight is 770 g/mol. The van der Waals surface area contributed by atoms with Crippen molar-refractivity contribution < 1.29 is 23.3 Å². The van der Waals surface area contributed by atoms with Gasteiger partial charge in [-0.15, -0.1) is 0 Å². The fourth-order valence-corrected chi connectivity index (χ4v) is 10.4. The SMILES string of the molecule is [2H]c1c([2H])c2c3c(c1[2H])-n1c4c([2H])c([2H])c([2H])c([2H])c4c4c([2H])c([2H])c([2H])c(c41)N3c1c([2H])c(C#N)c([2H])c3c1B2c1c([2H])c2c(c([2H])c1N3c1c([2H])c([2H])c3c(c1[2H])C(C)(C)CCC3(C)C)C(C)(C)CCC2(C)C. The largest absolute Gasteiger partial charge is 0.311 e. The van der Waals surface area contributed by atoms with Crippen molar-refractivity contribution >= 4 is 79.0 Å². The van der Waals surface area contributed by atoms with Crippen LogP contribution in [-0.2, 0) is 21.7 Å². The molecule has 6 aromatic carbocycles.